The molecule has 0 bridgehead atoms. The summed E-state index contributed by atoms with van der Waals surface area (Å²) in [6.45, 7) is 3.14. The first-order chi connectivity index (χ1) is 9.79. The molecule has 1 saturated carbocycles. The van der Waals surface area contributed by atoms with Crippen LogP contribution >= 0.6 is 0 Å². The summed E-state index contributed by atoms with van der Waals surface area (Å²) in [7, 11) is 0. The van der Waals surface area contributed by atoms with Crippen LogP contribution in [0.1, 0.15) is 44.3 Å². The van der Waals surface area contributed by atoms with E-state index in [2.05, 4.69) is 20.2 Å². The second-order valence-corrected chi connectivity index (χ2v) is 6.16. The average molecular weight is 276 g/mol. The minimum absolute atomic E-state index is 0.246. The number of H-pyrrole nitrogens is 1. The predicted molar refractivity (Wildman–Crippen MR) is 77.0 cm³/mol. The minimum atomic E-state index is 0.246. The van der Waals surface area contributed by atoms with Gasteiger partial charge in [0.15, 0.2) is 0 Å². The van der Waals surface area contributed by atoms with E-state index in [1.165, 1.54) is 25.7 Å². The molecule has 5 nitrogen and oxygen atoms in total. The number of aromatic amines is 1. The van der Waals surface area contributed by atoms with Gasteiger partial charge in [-0.1, -0.05) is 0 Å². The van der Waals surface area contributed by atoms with E-state index in [1.54, 1.807) is 6.20 Å². The predicted octanol–water partition coefficient (Wildman–Crippen LogP) is 1.68. The topological polar surface area (TPSA) is 61.0 Å². The van der Waals surface area contributed by atoms with Crippen molar-refractivity contribution in [2.24, 2.45) is 5.92 Å². The zero-order chi connectivity index (χ0) is 13.8. The largest absolute Gasteiger partial charge is 0.353 e. The summed E-state index contributed by atoms with van der Waals surface area (Å²) >= 11 is 0. The molecule has 0 spiro atoms. The molecule has 0 radical (unpaired) electrons. The third kappa shape index (κ3) is 4.07. The molecule has 0 unspecified atom stereocenters. The molecule has 1 atom stereocenters. The van der Waals surface area contributed by atoms with Crippen molar-refractivity contribution in [1.29, 1.82) is 0 Å². The van der Waals surface area contributed by atoms with Crippen molar-refractivity contribution in [1.82, 2.24) is 20.2 Å². The number of hydrogen-bond donors (Lipinski definition) is 2. The number of amides is 1. The van der Waals surface area contributed by atoms with Crippen LogP contribution < -0.4 is 5.32 Å². The van der Waals surface area contributed by atoms with Gasteiger partial charge in [0.05, 0.1) is 6.54 Å². The van der Waals surface area contributed by atoms with Crippen molar-refractivity contribution in [3.63, 3.8) is 0 Å². The van der Waals surface area contributed by atoms with Crippen LogP contribution in [0.3, 0.4) is 0 Å². The van der Waals surface area contributed by atoms with Gasteiger partial charge in [0, 0.05) is 31.4 Å². The molecule has 5 heteroatoms. The molecule has 2 fully saturated rings. The van der Waals surface area contributed by atoms with Crippen LogP contribution in [0, 0.1) is 5.92 Å². The monoisotopic (exact) mass is 276 g/mol. The van der Waals surface area contributed by atoms with Crippen LogP contribution in [0.5, 0.6) is 0 Å². The van der Waals surface area contributed by atoms with Crippen LogP contribution in [0.15, 0.2) is 12.4 Å². The second-order valence-electron chi connectivity index (χ2n) is 6.16. The van der Waals surface area contributed by atoms with E-state index in [1.807, 2.05) is 6.20 Å². The van der Waals surface area contributed by atoms with Crippen molar-refractivity contribution in [2.75, 3.05) is 13.1 Å². The highest BCUT2D eigenvalue weighted by Crippen LogP contribution is 2.23. The van der Waals surface area contributed by atoms with Gasteiger partial charge in [-0.3, -0.25) is 9.69 Å². The van der Waals surface area contributed by atoms with Crippen LogP contribution in [0.4, 0.5) is 0 Å². The first-order valence-corrected chi connectivity index (χ1v) is 7.79. The van der Waals surface area contributed by atoms with E-state index in [0.717, 1.165) is 31.9 Å². The van der Waals surface area contributed by atoms with E-state index >= 15 is 0 Å². The van der Waals surface area contributed by atoms with Crippen LogP contribution in [0.2, 0.25) is 0 Å². The Bertz CT molecular complexity index is 427. The van der Waals surface area contributed by atoms with Gasteiger partial charge in [0.2, 0.25) is 5.91 Å². The number of rotatable bonds is 6. The third-order valence-corrected chi connectivity index (χ3v) is 4.25. The van der Waals surface area contributed by atoms with E-state index in [0.29, 0.717) is 18.4 Å². The van der Waals surface area contributed by atoms with Gasteiger partial charge >= 0.3 is 0 Å². The normalized spacial score (nSPS) is 23.7. The maximum Gasteiger partial charge on any atom is 0.220 e. The van der Waals surface area contributed by atoms with Gasteiger partial charge in [-0.15, -0.1) is 0 Å². The zero-order valence-corrected chi connectivity index (χ0v) is 12.0. The lowest BCUT2D eigenvalue weighted by molar-refractivity contribution is -0.121. The Hall–Kier alpha value is -1.36. The number of imidazole rings is 1. The SMILES string of the molecule is O=C(CC[C@@H]1CCCN(Cc2ncc[nH]2)C1)NC1CC1. The van der Waals surface area contributed by atoms with Gasteiger partial charge in [-0.2, -0.15) is 0 Å². The molecule has 1 aromatic heterocycles. The lowest BCUT2D eigenvalue weighted by Crippen LogP contribution is -2.36. The molecule has 1 saturated heterocycles. The van der Waals surface area contributed by atoms with E-state index < -0.39 is 0 Å². The summed E-state index contributed by atoms with van der Waals surface area (Å²) in [5.74, 6) is 1.94. The van der Waals surface area contributed by atoms with Gasteiger partial charge in [-0.25, -0.2) is 4.98 Å². The smallest absolute Gasteiger partial charge is 0.220 e. The quantitative estimate of drug-likeness (QED) is 0.831. The number of hydrogen-bond acceptors (Lipinski definition) is 3. The van der Waals surface area contributed by atoms with E-state index in [-0.39, 0.29) is 5.91 Å². The number of piperidine rings is 1. The van der Waals surface area contributed by atoms with Crippen molar-refractivity contribution in [3.05, 3.63) is 18.2 Å². The summed E-state index contributed by atoms with van der Waals surface area (Å²) in [6, 6.07) is 0.490. The van der Waals surface area contributed by atoms with Crippen molar-refractivity contribution >= 4 is 5.91 Å². The highest BCUT2D eigenvalue weighted by molar-refractivity contribution is 5.76. The Kier molecular flexibility index (Phi) is 4.35. The molecule has 1 aromatic rings. The van der Waals surface area contributed by atoms with Crippen molar-refractivity contribution in [3.8, 4) is 0 Å². The lowest BCUT2D eigenvalue weighted by Gasteiger charge is -2.32. The summed E-state index contributed by atoms with van der Waals surface area (Å²) in [4.78, 5) is 21.6. The molecular formula is C15H24N4O. The van der Waals surface area contributed by atoms with Gasteiger partial charge in [-0.05, 0) is 44.6 Å². The third-order valence-electron chi connectivity index (χ3n) is 4.25. The van der Waals surface area contributed by atoms with Crippen molar-refractivity contribution < 1.29 is 4.79 Å². The minimum Gasteiger partial charge on any atom is -0.353 e. The number of aromatic nitrogens is 2. The Morgan fingerprint density at radius 1 is 1.45 bits per heavy atom. The second kappa shape index (κ2) is 6.39. The molecule has 2 N–H and O–H groups in total. The first kappa shape index (κ1) is 13.6. The fraction of sp³-hybridized carbons (Fsp3) is 0.733. The molecule has 3 rings (SSSR count). The fourth-order valence-corrected chi connectivity index (χ4v) is 2.99. The highest BCUT2D eigenvalue weighted by Gasteiger charge is 2.25. The molecular weight excluding hydrogens is 252 g/mol. The number of carbonyl (C=O) groups excluding carboxylic acids is 1. The molecule has 20 heavy (non-hydrogen) atoms. The Morgan fingerprint density at radius 2 is 2.35 bits per heavy atom. The summed E-state index contributed by atoms with van der Waals surface area (Å²) in [5.41, 5.74) is 0. The number of likely N-dealkylation sites (tertiary alicyclic amines) is 1. The number of nitrogens with zero attached hydrogens (tertiary/aromatic N) is 2. The molecule has 2 aliphatic rings. The fourth-order valence-electron chi connectivity index (χ4n) is 2.99. The lowest BCUT2D eigenvalue weighted by atomic mass is 9.93. The average Bonchev–Trinajstić information content (AvgIpc) is 3.11. The molecule has 2 heterocycles. The van der Waals surface area contributed by atoms with Gasteiger partial charge in [0.1, 0.15) is 5.82 Å². The van der Waals surface area contributed by atoms with Crippen LogP contribution in [0.25, 0.3) is 0 Å². The highest BCUT2D eigenvalue weighted by atomic mass is 16.1. The molecule has 1 aliphatic carbocycles. The Labute approximate surface area is 120 Å². The number of carbonyl (C=O) groups is 1. The van der Waals surface area contributed by atoms with E-state index in [4.69, 9.17) is 0 Å². The van der Waals surface area contributed by atoms with Crippen molar-refractivity contribution in [2.45, 2.75) is 51.1 Å². The molecule has 1 amide bonds. The van der Waals surface area contributed by atoms with Gasteiger partial charge < -0.3 is 10.3 Å². The Balaban J connectivity index is 1.39. The summed E-state index contributed by atoms with van der Waals surface area (Å²) in [5, 5.41) is 3.07. The maximum absolute atomic E-state index is 11.7. The van der Waals surface area contributed by atoms with Crippen LogP contribution in [-0.2, 0) is 11.3 Å². The summed E-state index contributed by atoms with van der Waals surface area (Å²) < 4.78 is 0. The summed E-state index contributed by atoms with van der Waals surface area (Å²) in [6.07, 6.45) is 10.2. The molecule has 0 aromatic carbocycles. The zero-order valence-electron chi connectivity index (χ0n) is 12.0. The maximum atomic E-state index is 11.7. The number of nitrogens with one attached hydrogen (secondary N) is 2. The van der Waals surface area contributed by atoms with E-state index in [9.17, 15) is 4.79 Å². The van der Waals surface area contributed by atoms with Crippen LogP contribution in [-0.4, -0.2) is 39.9 Å². The Morgan fingerprint density at radius 3 is 3.10 bits per heavy atom. The molecule has 110 valence electrons. The first-order valence-electron chi connectivity index (χ1n) is 7.79. The standard InChI is InChI=1S/C15H24N4O/c20-15(18-13-4-5-13)6-3-12-2-1-9-19(10-12)11-14-16-7-8-17-14/h7-8,12-13H,1-6,9-11H2,(H,16,17)(H,18,20)/t12-/m0/s1. The van der Waals surface area contributed by atoms with Gasteiger partial charge in [0.25, 0.3) is 0 Å². The molecule has 1 aliphatic heterocycles.